The van der Waals surface area contributed by atoms with Crippen LogP contribution in [0.1, 0.15) is 38.5 Å². The molecule has 1 aliphatic heterocycles. The van der Waals surface area contributed by atoms with E-state index in [4.69, 9.17) is 9.47 Å². The predicted molar refractivity (Wildman–Crippen MR) is 77.9 cm³/mol. The lowest BCUT2D eigenvalue weighted by molar-refractivity contribution is -0.141. The van der Waals surface area contributed by atoms with Crippen molar-refractivity contribution in [1.82, 2.24) is 10.2 Å². The first-order valence-corrected chi connectivity index (χ1v) is 7.85. The first-order chi connectivity index (χ1) is 10.2. The number of rotatable bonds is 6. The van der Waals surface area contributed by atoms with Gasteiger partial charge in [0, 0.05) is 26.6 Å². The largest absolute Gasteiger partial charge is 0.382 e. The second kappa shape index (κ2) is 7.75. The Morgan fingerprint density at radius 2 is 1.90 bits per heavy atom. The van der Waals surface area contributed by atoms with Gasteiger partial charge in [0.05, 0.1) is 19.8 Å². The number of nitrogens with one attached hydrogen (secondary N) is 1. The summed E-state index contributed by atoms with van der Waals surface area (Å²) in [5.74, 6) is 0.0662. The molecule has 1 heterocycles. The fourth-order valence-electron chi connectivity index (χ4n) is 3.15. The second-order valence-corrected chi connectivity index (χ2v) is 5.84. The molecule has 1 spiro atoms. The molecule has 0 bridgehead atoms. The van der Waals surface area contributed by atoms with E-state index in [1.807, 2.05) is 0 Å². The minimum absolute atomic E-state index is 0.00643. The van der Waals surface area contributed by atoms with E-state index in [2.05, 4.69) is 5.32 Å². The summed E-state index contributed by atoms with van der Waals surface area (Å²) in [6.45, 7) is 2.59. The fourth-order valence-corrected chi connectivity index (χ4v) is 3.15. The summed E-state index contributed by atoms with van der Waals surface area (Å²) in [5.41, 5.74) is -0.654. The molecule has 0 aromatic carbocycles. The summed E-state index contributed by atoms with van der Waals surface area (Å²) in [4.78, 5) is 26.5. The van der Waals surface area contributed by atoms with E-state index in [0.717, 1.165) is 32.1 Å². The van der Waals surface area contributed by atoms with Gasteiger partial charge in [0.25, 0.3) is 0 Å². The Kier molecular flexibility index (Phi) is 5.99. The maximum absolute atomic E-state index is 12.8. The molecule has 0 aromatic rings. The molecule has 2 aliphatic rings. The van der Waals surface area contributed by atoms with Crippen LogP contribution in [-0.2, 0) is 19.1 Å². The van der Waals surface area contributed by atoms with Crippen LogP contribution < -0.4 is 5.32 Å². The van der Waals surface area contributed by atoms with Crippen LogP contribution in [0.3, 0.4) is 0 Å². The van der Waals surface area contributed by atoms with E-state index in [1.165, 1.54) is 0 Å². The van der Waals surface area contributed by atoms with Gasteiger partial charge < -0.3 is 19.7 Å². The highest BCUT2D eigenvalue weighted by Crippen LogP contribution is 2.31. The van der Waals surface area contributed by atoms with Crippen LogP contribution in [0.2, 0.25) is 0 Å². The quantitative estimate of drug-likeness (QED) is 0.733. The topological polar surface area (TPSA) is 67.9 Å². The maximum atomic E-state index is 12.8. The molecule has 1 aliphatic carbocycles. The molecule has 1 saturated carbocycles. The van der Waals surface area contributed by atoms with E-state index in [1.54, 1.807) is 12.0 Å². The highest BCUT2D eigenvalue weighted by molar-refractivity contribution is 5.93. The van der Waals surface area contributed by atoms with Crippen LogP contribution in [0.25, 0.3) is 0 Å². The number of nitrogens with zero attached hydrogens (tertiary/aromatic N) is 1. The molecule has 1 N–H and O–H groups in total. The number of ether oxygens (including phenoxy) is 2. The molecule has 1 saturated heterocycles. The number of carbonyl (C=O) groups excluding carboxylic acids is 2. The highest BCUT2D eigenvalue weighted by atomic mass is 16.5. The summed E-state index contributed by atoms with van der Waals surface area (Å²) >= 11 is 0. The Hall–Kier alpha value is -1.14. The molecule has 0 radical (unpaired) electrons. The normalized spacial score (nSPS) is 22.2. The van der Waals surface area contributed by atoms with Crippen molar-refractivity contribution in [2.45, 2.75) is 44.1 Å². The van der Waals surface area contributed by atoms with Crippen molar-refractivity contribution in [3.63, 3.8) is 0 Å². The standard InChI is InChI=1S/C15H26N2O4/c1-20-11-12-21-10-9-17-8-5-13(18)16-15(14(17)19)6-3-2-4-7-15/h2-12H2,1H3,(H,16,18). The third-order valence-corrected chi connectivity index (χ3v) is 4.33. The second-order valence-electron chi connectivity index (χ2n) is 5.84. The van der Waals surface area contributed by atoms with Crippen molar-refractivity contribution < 1.29 is 19.1 Å². The zero-order valence-electron chi connectivity index (χ0n) is 12.9. The smallest absolute Gasteiger partial charge is 0.248 e. The minimum Gasteiger partial charge on any atom is -0.382 e. The molecule has 2 rings (SSSR count). The SMILES string of the molecule is COCCOCCN1CCC(=O)NC2(CCCCC2)C1=O. The number of hydrogen-bond acceptors (Lipinski definition) is 4. The molecule has 2 amide bonds. The molecule has 0 unspecified atom stereocenters. The van der Waals surface area contributed by atoms with Crippen LogP contribution >= 0.6 is 0 Å². The molecule has 0 atom stereocenters. The molecule has 6 nitrogen and oxygen atoms in total. The zero-order chi connectivity index (χ0) is 15.1. The average molecular weight is 298 g/mol. The van der Waals surface area contributed by atoms with E-state index in [0.29, 0.717) is 39.3 Å². The first-order valence-electron chi connectivity index (χ1n) is 7.85. The van der Waals surface area contributed by atoms with Crippen LogP contribution in [0.5, 0.6) is 0 Å². The van der Waals surface area contributed by atoms with Gasteiger partial charge in [-0.1, -0.05) is 19.3 Å². The van der Waals surface area contributed by atoms with Gasteiger partial charge in [-0.15, -0.1) is 0 Å². The van der Waals surface area contributed by atoms with E-state index in [-0.39, 0.29) is 11.8 Å². The Balaban J connectivity index is 1.93. The number of methoxy groups -OCH3 is 1. The van der Waals surface area contributed by atoms with Crippen molar-refractivity contribution in [3.05, 3.63) is 0 Å². The molecular formula is C15H26N2O4. The van der Waals surface area contributed by atoms with Crippen LogP contribution in [-0.4, -0.2) is 62.3 Å². The average Bonchev–Trinajstić information content (AvgIpc) is 2.60. The first kappa shape index (κ1) is 16.2. The number of hydrogen-bond donors (Lipinski definition) is 1. The fraction of sp³-hybridized carbons (Fsp3) is 0.867. The lowest BCUT2D eigenvalue weighted by Crippen LogP contribution is -2.58. The van der Waals surface area contributed by atoms with Gasteiger partial charge in [-0.3, -0.25) is 9.59 Å². The molecule has 21 heavy (non-hydrogen) atoms. The van der Waals surface area contributed by atoms with Crippen LogP contribution in [0.4, 0.5) is 0 Å². The summed E-state index contributed by atoms with van der Waals surface area (Å²) in [7, 11) is 1.63. The van der Waals surface area contributed by atoms with Gasteiger partial charge in [-0.05, 0) is 12.8 Å². The van der Waals surface area contributed by atoms with Crippen LogP contribution in [0.15, 0.2) is 0 Å². The lowest BCUT2D eigenvalue weighted by atomic mass is 9.80. The summed E-state index contributed by atoms with van der Waals surface area (Å²) in [6.07, 6.45) is 5.06. The van der Waals surface area contributed by atoms with Gasteiger partial charge in [0.1, 0.15) is 5.54 Å². The highest BCUT2D eigenvalue weighted by Gasteiger charge is 2.44. The van der Waals surface area contributed by atoms with Gasteiger partial charge in [-0.25, -0.2) is 0 Å². The van der Waals surface area contributed by atoms with Crippen molar-refractivity contribution in [2.75, 3.05) is 40.0 Å². The Morgan fingerprint density at radius 1 is 1.14 bits per heavy atom. The van der Waals surface area contributed by atoms with Gasteiger partial charge in [0.15, 0.2) is 0 Å². The molecule has 0 aromatic heterocycles. The number of amides is 2. The van der Waals surface area contributed by atoms with Gasteiger partial charge >= 0.3 is 0 Å². The van der Waals surface area contributed by atoms with Gasteiger partial charge in [0.2, 0.25) is 11.8 Å². The molecular weight excluding hydrogens is 272 g/mol. The third-order valence-electron chi connectivity index (χ3n) is 4.33. The summed E-state index contributed by atoms with van der Waals surface area (Å²) < 4.78 is 10.4. The zero-order valence-corrected chi connectivity index (χ0v) is 12.9. The third kappa shape index (κ3) is 4.17. The Bertz CT molecular complexity index is 367. The van der Waals surface area contributed by atoms with Crippen molar-refractivity contribution in [2.24, 2.45) is 0 Å². The number of carbonyl (C=O) groups is 2. The van der Waals surface area contributed by atoms with E-state index >= 15 is 0 Å². The monoisotopic (exact) mass is 298 g/mol. The maximum Gasteiger partial charge on any atom is 0.248 e. The minimum atomic E-state index is -0.654. The molecule has 2 fully saturated rings. The van der Waals surface area contributed by atoms with E-state index < -0.39 is 5.54 Å². The van der Waals surface area contributed by atoms with Crippen molar-refractivity contribution in [1.29, 1.82) is 0 Å². The molecule has 120 valence electrons. The van der Waals surface area contributed by atoms with E-state index in [9.17, 15) is 9.59 Å². The summed E-state index contributed by atoms with van der Waals surface area (Å²) in [6, 6.07) is 0. The van der Waals surface area contributed by atoms with Gasteiger partial charge in [-0.2, -0.15) is 0 Å². The van der Waals surface area contributed by atoms with Crippen molar-refractivity contribution in [3.8, 4) is 0 Å². The molecule has 6 heteroatoms. The Labute approximate surface area is 126 Å². The van der Waals surface area contributed by atoms with Crippen LogP contribution in [0, 0.1) is 0 Å². The van der Waals surface area contributed by atoms with Crippen molar-refractivity contribution >= 4 is 11.8 Å². The summed E-state index contributed by atoms with van der Waals surface area (Å²) in [5, 5.41) is 2.99. The lowest BCUT2D eigenvalue weighted by Gasteiger charge is -2.38. The predicted octanol–water partition coefficient (Wildman–Crippen LogP) is 0.701. The Morgan fingerprint density at radius 3 is 2.62 bits per heavy atom.